The van der Waals surface area contributed by atoms with E-state index in [0.29, 0.717) is 17.2 Å². The first-order chi connectivity index (χ1) is 7.27. The number of anilines is 2. The normalized spacial score (nSPS) is 10.9. The fraction of sp³-hybridized carbons (Fsp3) is 0. The number of pyridine rings is 1. The van der Waals surface area contributed by atoms with Crippen molar-refractivity contribution in [2.75, 3.05) is 11.5 Å². The number of aromatic amines is 1. The zero-order valence-corrected chi connectivity index (χ0v) is 7.75. The number of nitrogen functional groups attached to an aromatic ring is 2. The molecule has 0 atom stereocenters. The van der Waals surface area contributed by atoms with Crippen LogP contribution in [0.15, 0.2) is 34.8 Å². The summed E-state index contributed by atoms with van der Waals surface area (Å²) in [5.74, 6) is 0.524. The van der Waals surface area contributed by atoms with Crippen molar-refractivity contribution in [2.45, 2.75) is 0 Å². The lowest BCUT2D eigenvalue weighted by Gasteiger charge is -1.91. The first-order valence-electron chi connectivity index (χ1n) is 4.18. The number of nitrogens with one attached hydrogen (secondary N) is 1. The first kappa shape index (κ1) is 9.13. The molecule has 0 saturated carbocycles. The summed E-state index contributed by atoms with van der Waals surface area (Å²) in [5.41, 5.74) is 12.1. The number of H-pyrrole nitrogens is 1. The summed E-state index contributed by atoms with van der Waals surface area (Å²) in [6.07, 6.45) is 3.24. The lowest BCUT2D eigenvalue weighted by atomic mass is 10.4. The smallest absolute Gasteiger partial charge is 0.175 e. The zero-order chi connectivity index (χ0) is 10.7. The van der Waals surface area contributed by atoms with Gasteiger partial charge in [-0.2, -0.15) is 10.2 Å². The molecule has 5 N–H and O–H groups in total. The summed E-state index contributed by atoms with van der Waals surface area (Å²) in [5, 5.41) is 14.0. The molecule has 2 aromatic heterocycles. The molecule has 0 amide bonds. The standard InChI is InChI=1S/C8H9N7/c9-7-6(8(10)15-14-7)13-12-5-1-3-11-4-2-5/h1-4H,(H5,9,10,14,15). The van der Waals surface area contributed by atoms with E-state index in [0.717, 1.165) is 0 Å². The number of aromatic nitrogens is 3. The van der Waals surface area contributed by atoms with Crippen molar-refractivity contribution in [1.29, 1.82) is 0 Å². The highest BCUT2D eigenvalue weighted by Gasteiger charge is 2.05. The SMILES string of the molecule is Nc1n[nH]c(N)c1N=Nc1ccncc1. The molecule has 2 rings (SSSR count). The average Bonchev–Trinajstić information content (AvgIpc) is 2.58. The molecule has 0 aliphatic rings. The van der Waals surface area contributed by atoms with Crippen LogP contribution in [-0.2, 0) is 0 Å². The molecule has 0 radical (unpaired) electrons. The molecule has 7 heteroatoms. The van der Waals surface area contributed by atoms with Gasteiger partial charge < -0.3 is 11.5 Å². The van der Waals surface area contributed by atoms with Crippen molar-refractivity contribution in [1.82, 2.24) is 15.2 Å². The Balaban J connectivity index is 2.26. The highest BCUT2D eigenvalue weighted by molar-refractivity contribution is 5.70. The number of azo groups is 1. The predicted octanol–water partition coefficient (Wildman–Crippen LogP) is 1.38. The Hall–Kier alpha value is -2.44. The minimum Gasteiger partial charge on any atom is -0.382 e. The van der Waals surface area contributed by atoms with E-state index in [1.165, 1.54) is 0 Å². The second kappa shape index (κ2) is 3.74. The number of rotatable bonds is 2. The summed E-state index contributed by atoms with van der Waals surface area (Å²) < 4.78 is 0. The molecule has 0 fully saturated rings. The van der Waals surface area contributed by atoms with Gasteiger partial charge in [-0.05, 0) is 12.1 Å². The molecule has 76 valence electrons. The molecular weight excluding hydrogens is 194 g/mol. The minimum atomic E-state index is 0.227. The molecule has 0 aliphatic heterocycles. The maximum absolute atomic E-state index is 5.54. The summed E-state index contributed by atoms with van der Waals surface area (Å²) in [7, 11) is 0. The third-order valence-corrected chi connectivity index (χ3v) is 1.72. The van der Waals surface area contributed by atoms with Gasteiger partial charge in [0.2, 0.25) is 0 Å². The fourth-order valence-corrected chi connectivity index (χ4v) is 0.988. The van der Waals surface area contributed by atoms with Crippen LogP contribution in [0.1, 0.15) is 0 Å². The van der Waals surface area contributed by atoms with E-state index in [4.69, 9.17) is 11.5 Å². The van der Waals surface area contributed by atoms with Gasteiger partial charge in [0.25, 0.3) is 0 Å². The van der Waals surface area contributed by atoms with Crippen LogP contribution < -0.4 is 11.5 Å². The molecular formula is C8H9N7. The highest BCUT2D eigenvalue weighted by atomic mass is 15.2. The van der Waals surface area contributed by atoms with E-state index in [9.17, 15) is 0 Å². The van der Waals surface area contributed by atoms with Crippen LogP contribution in [0.2, 0.25) is 0 Å². The maximum atomic E-state index is 5.54. The van der Waals surface area contributed by atoms with Crippen molar-refractivity contribution in [3.8, 4) is 0 Å². The lowest BCUT2D eigenvalue weighted by molar-refractivity contribution is 1.11. The summed E-state index contributed by atoms with van der Waals surface area (Å²) in [6, 6.07) is 3.44. The number of nitrogens with zero attached hydrogens (tertiary/aromatic N) is 4. The van der Waals surface area contributed by atoms with Gasteiger partial charge in [-0.15, -0.1) is 5.11 Å². The Bertz CT molecular complexity index is 453. The van der Waals surface area contributed by atoms with Crippen LogP contribution in [0.3, 0.4) is 0 Å². The zero-order valence-electron chi connectivity index (χ0n) is 7.75. The molecule has 2 heterocycles. The summed E-state index contributed by atoms with van der Waals surface area (Å²) in [6.45, 7) is 0. The Morgan fingerprint density at radius 1 is 1.13 bits per heavy atom. The van der Waals surface area contributed by atoms with Crippen molar-refractivity contribution >= 4 is 23.0 Å². The summed E-state index contributed by atoms with van der Waals surface area (Å²) >= 11 is 0. The van der Waals surface area contributed by atoms with Crippen LogP contribution in [-0.4, -0.2) is 15.2 Å². The topological polar surface area (TPSA) is 118 Å². The van der Waals surface area contributed by atoms with Gasteiger partial charge >= 0.3 is 0 Å². The van der Waals surface area contributed by atoms with Crippen LogP contribution in [0.4, 0.5) is 23.0 Å². The van der Waals surface area contributed by atoms with E-state index in [-0.39, 0.29) is 5.82 Å². The molecule has 0 spiro atoms. The first-order valence-corrected chi connectivity index (χ1v) is 4.18. The second-order valence-electron chi connectivity index (χ2n) is 2.78. The Morgan fingerprint density at radius 3 is 2.47 bits per heavy atom. The van der Waals surface area contributed by atoms with Gasteiger partial charge in [-0.25, -0.2) is 0 Å². The van der Waals surface area contributed by atoms with Crippen LogP contribution in [0.5, 0.6) is 0 Å². The Kier molecular flexibility index (Phi) is 2.28. The molecule has 15 heavy (non-hydrogen) atoms. The van der Waals surface area contributed by atoms with Gasteiger partial charge in [0.15, 0.2) is 11.5 Å². The molecule has 0 bridgehead atoms. The van der Waals surface area contributed by atoms with E-state index < -0.39 is 0 Å². The fourth-order valence-electron chi connectivity index (χ4n) is 0.988. The lowest BCUT2D eigenvalue weighted by Crippen LogP contribution is -1.84. The molecule has 0 saturated heterocycles. The van der Waals surface area contributed by atoms with E-state index >= 15 is 0 Å². The second-order valence-corrected chi connectivity index (χ2v) is 2.78. The molecule has 0 aromatic carbocycles. The number of hydrogen-bond donors (Lipinski definition) is 3. The third kappa shape index (κ3) is 1.90. The van der Waals surface area contributed by atoms with Crippen LogP contribution in [0, 0.1) is 0 Å². The van der Waals surface area contributed by atoms with Gasteiger partial charge in [-0.3, -0.25) is 10.1 Å². The van der Waals surface area contributed by atoms with E-state index in [2.05, 4.69) is 25.4 Å². The van der Waals surface area contributed by atoms with Gasteiger partial charge in [-0.1, -0.05) is 0 Å². The third-order valence-electron chi connectivity index (χ3n) is 1.72. The van der Waals surface area contributed by atoms with Crippen LogP contribution >= 0.6 is 0 Å². The van der Waals surface area contributed by atoms with Gasteiger partial charge in [0.05, 0.1) is 5.69 Å². The van der Waals surface area contributed by atoms with E-state index in [1.54, 1.807) is 24.5 Å². The molecule has 7 nitrogen and oxygen atoms in total. The maximum Gasteiger partial charge on any atom is 0.175 e. The highest BCUT2D eigenvalue weighted by Crippen LogP contribution is 2.27. The predicted molar refractivity (Wildman–Crippen MR) is 55.8 cm³/mol. The van der Waals surface area contributed by atoms with E-state index in [1.807, 2.05) is 0 Å². The van der Waals surface area contributed by atoms with Crippen molar-refractivity contribution in [2.24, 2.45) is 10.2 Å². The number of hydrogen-bond acceptors (Lipinski definition) is 6. The minimum absolute atomic E-state index is 0.227. The Morgan fingerprint density at radius 2 is 1.87 bits per heavy atom. The quantitative estimate of drug-likeness (QED) is 0.639. The van der Waals surface area contributed by atoms with Gasteiger partial charge in [0.1, 0.15) is 5.82 Å². The summed E-state index contributed by atoms with van der Waals surface area (Å²) in [4.78, 5) is 3.86. The average molecular weight is 203 g/mol. The Labute approximate surface area is 85.2 Å². The van der Waals surface area contributed by atoms with Gasteiger partial charge in [0, 0.05) is 12.4 Å². The molecule has 2 aromatic rings. The van der Waals surface area contributed by atoms with Crippen molar-refractivity contribution < 1.29 is 0 Å². The monoisotopic (exact) mass is 203 g/mol. The molecule has 0 aliphatic carbocycles. The van der Waals surface area contributed by atoms with Crippen molar-refractivity contribution in [3.05, 3.63) is 24.5 Å². The van der Waals surface area contributed by atoms with Crippen LogP contribution in [0.25, 0.3) is 0 Å². The largest absolute Gasteiger partial charge is 0.382 e. The molecule has 0 unspecified atom stereocenters. The van der Waals surface area contributed by atoms with Crippen molar-refractivity contribution in [3.63, 3.8) is 0 Å². The number of nitrogens with two attached hydrogens (primary N) is 2.